The van der Waals surface area contributed by atoms with E-state index in [0.29, 0.717) is 18.7 Å². The highest BCUT2D eigenvalue weighted by atomic mass is 16.5. The number of hydrogen-bond donors (Lipinski definition) is 0. The van der Waals surface area contributed by atoms with Crippen molar-refractivity contribution in [1.29, 1.82) is 0 Å². The van der Waals surface area contributed by atoms with E-state index in [4.69, 9.17) is 9.15 Å². The van der Waals surface area contributed by atoms with Gasteiger partial charge in [-0.1, -0.05) is 25.1 Å². The van der Waals surface area contributed by atoms with Crippen molar-refractivity contribution < 1.29 is 18.7 Å². The van der Waals surface area contributed by atoms with Crippen molar-refractivity contribution in [3.8, 4) is 0 Å². The van der Waals surface area contributed by atoms with Gasteiger partial charge in [-0.05, 0) is 50.5 Å². The second-order valence-electron chi connectivity index (χ2n) is 7.55. The minimum atomic E-state index is -0.122. The Morgan fingerprint density at radius 3 is 2.59 bits per heavy atom. The zero-order valence-electron chi connectivity index (χ0n) is 17.3. The summed E-state index contributed by atoms with van der Waals surface area (Å²) in [5.74, 6) is 0.505. The van der Waals surface area contributed by atoms with Gasteiger partial charge >= 0.3 is 0 Å². The Morgan fingerprint density at radius 1 is 1.17 bits per heavy atom. The third-order valence-electron chi connectivity index (χ3n) is 5.44. The highest BCUT2D eigenvalue weighted by Gasteiger charge is 2.28. The molecule has 0 bridgehead atoms. The van der Waals surface area contributed by atoms with E-state index in [1.807, 2.05) is 44.2 Å². The molecule has 1 aromatic carbocycles. The summed E-state index contributed by atoms with van der Waals surface area (Å²) in [4.78, 5) is 29.8. The molecule has 3 rings (SSSR count). The smallest absolute Gasteiger partial charge is 0.254 e. The number of carbonyl (C=O) groups is 2. The van der Waals surface area contributed by atoms with Gasteiger partial charge in [-0.2, -0.15) is 0 Å². The van der Waals surface area contributed by atoms with Crippen molar-refractivity contribution in [3.05, 3.63) is 60.1 Å². The molecular formula is C23H30N2O4. The highest BCUT2D eigenvalue weighted by molar-refractivity contribution is 5.96. The van der Waals surface area contributed by atoms with Crippen molar-refractivity contribution >= 4 is 11.8 Å². The first kappa shape index (κ1) is 21.1. The minimum absolute atomic E-state index is 0.0378. The summed E-state index contributed by atoms with van der Waals surface area (Å²) in [6, 6.07) is 12.8. The number of benzene rings is 1. The summed E-state index contributed by atoms with van der Waals surface area (Å²) in [7, 11) is 0. The fourth-order valence-corrected chi connectivity index (χ4v) is 3.52. The fraction of sp³-hybridized carbons (Fsp3) is 0.478. The third kappa shape index (κ3) is 5.70. The summed E-state index contributed by atoms with van der Waals surface area (Å²) in [5, 5.41) is 0. The molecule has 2 amide bonds. The topological polar surface area (TPSA) is 63.0 Å². The van der Waals surface area contributed by atoms with Crippen molar-refractivity contribution in [2.45, 2.75) is 51.8 Å². The molecule has 29 heavy (non-hydrogen) atoms. The third-order valence-corrected chi connectivity index (χ3v) is 5.44. The van der Waals surface area contributed by atoms with Crippen LogP contribution in [0.2, 0.25) is 0 Å². The monoisotopic (exact) mass is 398 g/mol. The number of hydrogen-bond acceptors (Lipinski definition) is 4. The van der Waals surface area contributed by atoms with Gasteiger partial charge in [-0.15, -0.1) is 0 Å². The van der Waals surface area contributed by atoms with E-state index in [1.54, 1.807) is 28.2 Å². The summed E-state index contributed by atoms with van der Waals surface area (Å²) in [6.45, 7) is 5.65. The van der Waals surface area contributed by atoms with Crippen molar-refractivity contribution in [2.24, 2.45) is 0 Å². The Kier molecular flexibility index (Phi) is 7.47. The van der Waals surface area contributed by atoms with Gasteiger partial charge in [0.15, 0.2) is 0 Å². The van der Waals surface area contributed by atoms with Crippen molar-refractivity contribution in [3.63, 3.8) is 0 Å². The van der Waals surface area contributed by atoms with E-state index in [1.165, 1.54) is 0 Å². The molecule has 0 unspecified atom stereocenters. The Balaban J connectivity index is 1.75. The van der Waals surface area contributed by atoms with E-state index in [2.05, 4.69) is 0 Å². The van der Waals surface area contributed by atoms with E-state index in [-0.39, 0.29) is 30.5 Å². The van der Waals surface area contributed by atoms with E-state index in [9.17, 15) is 9.59 Å². The summed E-state index contributed by atoms with van der Waals surface area (Å²) >= 11 is 0. The molecule has 2 atom stereocenters. The van der Waals surface area contributed by atoms with Crippen molar-refractivity contribution in [1.82, 2.24) is 9.80 Å². The maximum absolute atomic E-state index is 13.3. The van der Waals surface area contributed by atoms with Crippen LogP contribution in [0.25, 0.3) is 0 Å². The average molecular weight is 399 g/mol. The first-order valence-electron chi connectivity index (χ1n) is 10.4. The molecule has 0 N–H and O–H groups in total. The SMILES string of the molecule is CC[C@H](C)N(CC(=O)N(Cc1ccco1)C[C@@H]1CCCO1)C(=O)c1ccccc1. The molecule has 2 aromatic rings. The Morgan fingerprint density at radius 2 is 1.97 bits per heavy atom. The minimum Gasteiger partial charge on any atom is -0.467 e. The first-order valence-corrected chi connectivity index (χ1v) is 10.4. The second-order valence-corrected chi connectivity index (χ2v) is 7.55. The lowest BCUT2D eigenvalue weighted by Gasteiger charge is -2.32. The molecule has 0 spiro atoms. The van der Waals surface area contributed by atoms with Crippen LogP contribution in [0.3, 0.4) is 0 Å². The Bertz CT molecular complexity index is 769. The lowest BCUT2D eigenvalue weighted by Crippen LogP contribution is -2.47. The summed E-state index contributed by atoms with van der Waals surface area (Å²) < 4.78 is 11.2. The van der Waals surface area contributed by atoms with Crippen LogP contribution in [0.4, 0.5) is 0 Å². The number of furan rings is 1. The lowest BCUT2D eigenvalue weighted by atomic mass is 10.1. The predicted octanol–water partition coefficient (Wildman–Crippen LogP) is 3.73. The van der Waals surface area contributed by atoms with Crippen LogP contribution in [-0.4, -0.2) is 53.5 Å². The van der Waals surface area contributed by atoms with Crippen LogP contribution in [0, 0.1) is 0 Å². The normalized spacial score (nSPS) is 17.1. The molecule has 0 aliphatic carbocycles. The fourth-order valence-electron chi connectivity index (χ4n) is 3.52. The summed E-state index contributed by atoms with van der Waals surface area (Å²) in [6.07, 6.45) is 4.37. The molecule has 2 heterocycles. The van der Waals surface area contributed by atoms with Crippen LogP contribution in [0.15, 0.2) is 53.1 Å². The molecule has 1 saturated heterocycles. The molecule has 156 valence electrons. The van der Waals surface area contributed by atoms with Crippen LogP contribution in [0.5, 0.6) is 0 Å². The van der Waals surface area contributed by atoms with Crippen LogP contribution >= 0.6 is 0 Å². The van der Waals surface area contributed by atoms with Gasteiger partial charge in [-0.3, -0.25) is 9.59 Å². The quantitative estimate of drug-likeness (QED) is 0.646. The second kappa shape index (κ2) is 10.3. The molecule has 6 heteroatoms. The molecule has 1 aliphatic rings. The molecule has 1 fully saturated rings. The van der Waals surface area contributed by atoms with Gasteiger partial charge in [0.2, 0.25) is 5.91 Å². The number of carbonyl (C=O) groups excluding carboxylic acids is 2. The zero-order valence-corrected chi connectivity index (χ0v) is 17.3. The van der Waals surface area contributed by atoms with Gasteiger partial charge in [0.1, 0.15) is 12.3 Å². The largest absolute Gasteiger partial charge is 0.467 e. The molecule has 1 aliphatic heterocycles. The highest BCUT2D eigenvalue weighted by Crippen LogP contribution is 2.17. The molecule has 0 radical (unpaired) electrons. The van der Waals surface area contributed by atoms with Gasteiger partial charge in [-0.25, -0.2) is 0 Å². The van der Waals surface area contributed by atoms with E-state index >= 15 is 0 Å². The van der Waals surface area contributed by atoms with Gasteiger partial charge < -0.3 is 19.0 Å². The zero-order chi connectivity index (χ0) is 20.6. The number of ether oxygens (including phenoxy) is 1. The van der Waals surface area contributed by atoms with E-state index < -0.39 is 0 Å². The Labute approximate surface area is 172 Å². The molecule has 1 aromatic heterocycles. The lowest BCUT2D eigenvalue weighted by molar-refractivity contribution is -0.134. The van der Waals surface area contributed by atoms with Gasteiger partial charge in [0.05, 0.1) is 18.9 Å². The van der Waals surface area contributed by atoms with Gasteiger partial charge in [0, 0.05) is 24.8 Å². The summed E-state index contributed by atoms with van der Waals surface area (Å²) in [5.41, 5.74) is 0.595. The Hall–Kier alpha value is -2.60. The van der Waals surface area contributed by atoms with Crippen LogP contribution < -0.4 is 0 Å². The van der Waals surface area contributed by atoms with Gasteiger partial charge in [0.25, 0.3) is 5.91 Å². The molecule has 0 saturated carbocycles. The predicted molar refractivity (Wildman–Crippen MR) is 110 cm³/mol. The molecule has 6 nitrogen and oxygen atoms in total. The first-order chi connectivity index (χ1) is 14.1. The van der Waals surface area contributed by atoms with Crippen molar-refractivity contribution in [2.75, 3.05) is 19.7 Å². The van der Waals surface area contributed by atoms with E-state index in [0.717, 1.165) is 31.6 Å². The average Bonchev–Trinajstić information content (AvgIpc) is 3.45. The number of amides is 2. The number of rotatable bonds is 9. The van der Waals surface area contributed by atoms with Crippen LogP contribution in [-0.2, 0) is 16.1 Å². The standard InChI is InChI=1S/C23H30N2O4/c1-3-18(2)25(23(27)19-9-5-4-6-10-19)17-22(26)24(15-20-11-7-13-28-20)16-21-12-8-14-29-21/h4-7,9-11,13,18,21H,3,8,12,14-17H2,1-2H3/t18-,21-/m0/s1. The maximum atomic E-state index is 13.3. The molecular weight excluding hydrogens is 368 g/mol. The number of nitrogens with zero attached hydrogens (tertiary/aromatic N) is 2. The maximum Gasteiger partial charge on any atom is 0.254 e. The van der Waals surface area contributed by atoms with Crippen LogP contribution in [0.1, 0.15) is 49.2 Å².